The topological polar surface area (TPSA) is 156 Å². The van der Waals surface area contributed by atoms with Crippen LogP contribution in [0.5, 0.6) is 5.75 Å². The molecule has 5 rings (SSSR count). The molecule has 1 aliphatic carbocycles. The zero-order valence-corrected chi connectivity index (χ0v) is 29.3. The quantitative estimate of drug-likeness (QED) is 0.0978. The van der Waals surface area contributed by atoms with Crippen LogP contribution in [0.3, 0.4) is 0 Å². The molecule has 0 radical (unpaired) electrons. The van der Waals surface area contributed by atoms with Crippen molar-refractivity contribution in [3.8, 4) is 5.75 Å². The predicted molar refractivity (Wildman–Crippen MR) is 186 cm³/mol. The Labute approximate surface area is 293 Å². The highest BCUT2D eigenvalue weighted by atomic mass is 35.5. The molecule has 0 spiro atoms. The number of esters is 1. The molecule has 0 bridgehead atoms. The maximum atomic E-state index is 13.6. The van der Waals surface area contributed by atoms with E-state index in [9.17, 15) is 32.6 Å². The number of carbonyl (C=O) groups excluding carboxylic acids is 2. The lowest BCUT2D eigenvalue weighted by molar-refractivity contribution is -0.147. The fourth-order valence-electron chi connectivity index (χ4n) is 5.10. The van der Waals surface area contributed by atoms with Gasteiger partial charge in [0.15, 0.2) is 9.84 Å². The monoisotopic (exact) mass is 743 g/mol. The van der Waals surface area contributed by atoms with E-state index >= 15 is 0 Å². The average molecular weight is 745 g/mol. The zero-order chi connectivity index (χ0) is 35.3. The molecule has 1 saturated carbocycles. The first-order valence-corrected chi connectivity index (χ1v) is 19.3. The van der Waals surface area contributed by atoms with Crippen LogP contribution in [-0.2, 0) is 41.5 Å². The van der Waals surface area contributed by atoms with Gasteiger partial charge in [-0.05, 0) is 65.1 Å². The van der Waals surface area contributed by atoms with Gasteiger partial charge >= 0.3 is 13.6 Å². The van der Waals surface area contributed by atoms with Crippen LogP contribution >= 0.6 is 30.8 Å². The van der Waals surface area contributed by atoms with Gasteiger partial charge in [-0.3, -0.25) is 9.36 Å². The summed E-state index contributed by atoms with van der Waals surface area (Å²) in [6, 6.07) is 23.0. The van der Waals surface area contributed by atoms with Gasteiger partial charge in [0.05, 0.1) is 26.6 Å². The molecule has 14 heteroatoms. The zero-order valence-electron chi connectivity index (χ0n) is 26.0. The molecule has 1 unspecified atom stereocenters. The van der Waals surface area contributed by atoms with E-state index in [1.165, 1.54) is 42.5 Å². The predicted octanol–water partition coefficient (Wildman–Crippen LogP) is 6.92. The molecule has 3 N–H and O–H groups in total. The Morgan fingerprint density at radius 1 is 1.00 bits per heavy atom. The van der Waals surface area contributed by atoms with Gasteiger partial charge in [-0.1, -0.05) is 83.9 Å². The van der Waals surface area contributed by atoms with E-state index in [4.69, 9.17) is 32.5 Å². The van der Waals surface area contributed by atoms with Crippen LogP contribution in [-0.4, -0.2) is 48.7 Å². The second kappa shape index (κ2) is 15.3. The van der Waals surface area contributed by atoms with Crippen LogP contribution < -0.4 is 5.32 Å². The number of rotatable bonds is 13. The van der Waals surface area contributed by atoms with Crippen LogP contribution in [0.2, 0.25) is 10.0 Å². The smallest absolute Gasteiger partial charge is 0.351 e. The number of ether oxygens (including phenoxy) is 1. The highest BCUT2D eigenvalue weighted by Gasteiger charge is 2.43. The van der Waals surface area contributed by atoms with Crippen LogP contribution in [0.1, 0.15) is 45.0 Å². The van der Waals surface area contributed by atoms with Crippen molar-refractivity contribution in [2.75, 3.05) is 6.26 Å². The number of nitrogens with one attached hydrogen (secondary N) is 1. The molecule has 0 aromatic heterocycles. The number of carbonyl (C=O) groups is 2. The number of halogens is 2. The van der Waals surface area contributed by atoms with Gasteiger partial charge < -0.3 is 24.6 Å². The number of phenolic OH excluding ortho intramolecular Hbond substituents is 1. The first-order valence-electron chi connectivity index (χ1n) is 15.0. The highest BCUT2D eigenvalue weighted by molar-refractivity contribution is 7.90. The standard InChI is InChI=1S/C35H32Cl2NO9PS/c1-49(44,45)27-12-5-9-23(17-27)18-30(35(41)46-21-22-7-3-2-4-8-22)38-34(40)32-29(36)14-13-24(33(32)37)15-16-48(42,43)47-31-20-28(31)25-10-6-11-26(39)19-25/h2-17,19,28,30-31,39H,18,20-21H2,1H3,(H,38,40)(H,42,43)/b16-15+/t28-,30-,31-/m0/s1. The maximum Gasteiger partial charge on any atom is 0.351 e. The maximum absolute atomic E-state index is 13.6. The minimum atomic E-state index is -4.26. The second-order valence-corrected chi connectivity index (χ2v) is 16.0. The van der Waals surface area contributed by atoms with E-state index in [2.05, 4.69) is 5.32 Å². The third kappa shape index (κ3) is 9.82. The largest absolute Gasteiger partial charge is 0.508 e. The van der Waals surface area contributed by atoms with Gasteiger partial charge in [-0.2, -0.15) is 0 Å². The fourth-order valence-corrected chi connectivity index (χ4v) is 7.43. The van der Waals surface area contributed by atoms with Crippen molar-refractivity contribution in [1.82, 2.24) is 5.32 Å². The minimum Gasteiger partial charge on any atom is -0.508 e. The van der Waals surface area contributed by atoms with Gasteiger partial charge in [0.25, 0.3) is 5.91 Å². The van der Waals surface area contributed by atoms with Crippen LogP contribution in [0, 0.1) is 0 Å². The van der Waals surface area contributed by atoms with E-state index in [0.29, 0.717) is 17.5 Å². The highest BCUT2D eigenvalue weighted by Crippen LogP contribution is 2.55. The summed E-state index contributed by atoms with van der Waals surface area (Å²) in [4.78, 5) is 37.5. The summed E-state index contributed by atoms with van der Waals surface area (Å²) in [6.45, 7) is -0.0735. The van der Waals surface area contributed by atoms with Gasteiger partial charge in [0.1, 0.15) is 18.4 Å². The fraction of sp³-hybridized carbons (Fsp3) is 0.200. The van der Waals surface area contributed by atoms with E-state index < -0.39 is 41.5 Å². The summed E-state index contributed by atoms with van der Waals surface area (Å²) < 4.78 is 48.1. The number of hydrogen-bond acceptors (Lipinski definition) is 8. The third-order valence-corrected chi connectivity index (χ3v) is 10.6. The van der Waals surface area contributed by atoms with Crippen molar-refractivity contribution >= 4 is 58.6 Å². The Kier molecular flexibility index (Phi) is 11.3. The molecule has 4 aromatic rings. The van der Waals surface area contributed by atoms with E-state index in [0.717, 1.165) is 17.6 Å². The van der Waals surface area contributed by atoms with Gasteiger partial charge in [0.2, 0.25) is 0 Å². The van der Waals surface area contributed by atoms with Crippen molar-refractivity contribution in [3.05, 3.63) is 135 Å². The first-order chi connectivity index (χ1) is 23.2. The Bertz CT molecular complexity index is 2060. The van der Waals surface area contributed by atoms with Crippen molar-refractivity contribution in [2.45, 2.75) is 42.4 Å². The molecule has 0 aliphatic heterocycles. The summed E-state index contributed by atoms with van der Waals surface area (Å²) >= 11 is 13.0. The molecule has 49 heavy (non-hydrogen) atoms. The van der Waals surface area contributed by atoms with E-state index in [1.807, 2.05) is 6.07 Å². The summed E-state index contributed by atoms with van der Waals surface area (Å²) in [5, 5.41) is 12.1. The van der Waals surface area contributed by atoms with Crippen LogP contribution in [0.15, 0.2) is 102 Å². The van der Waals surface area contributed by atoms with Gasteiger partial charge in [-0.15, -0.1) is 0 Å². The lowest BCUT2D eigenvalue weighted by Crippen LogP contribution is -2.43. The molecule has 1 aliphatic rings. The van der Waals surface area contributed by atoms with Crippen molar-refractivity contribution < 1.29 is 41.8 Å². The normalized spacial score (nSPS) is 17.6. The molecule has 1 fully saturated rings. The lowest BCUT2D eigenvalue weighted by atomic mass is 10.0. The van der Waals surface area contributed by atoms with Crippen LogP contribution in [0.4, 0.5) is 0 Å². The number of aromatic hydroxyl groups is 1. The Morgan fingerprint density at radius 2 is 1.71 bits per heavy atom. The summed E-state index contributed by atoms with van der Waals surface area (Å²) in [5.74, 6) is -0.713. The Balaban J connectivity index is 1.33. The molecule has 1 amide bonds. The van der Waals surface area contributed by atoms with E-state index in [1.54, 1.807) is 48.5 Å². The molecule has 0 heterocycles. The van der Waals surface area contributed by atoms with Crippen molar-refractivity contribution in [1.29, 1.82) is 0 Å². The molecular formula is C35H32Cl2NO9PS. The van der Waals surface area contributed by atoms with E-state index in [-0.39, 0.29) is 50.8 Å². The molecule has 10 nitrogen and oxygen atoms in total. The number of benzene rings is 4. The minimum absolute atomic E-state index is 0.0417. The molecular weight excluding hydrogens is 712 g/mol. The average Bonchev–Trinajstić information content (AvgIpc) is 3.81. The summed E-state index contributed by atoms with van der Waals surface area (Å²) in [5.41, 5.74) is 1.93. The first kappa shape index (κ1) is 36.3. The summed E-state index contributed by atoms with van der Waals surface area (Å²) in [6.07, 6.45) is 2.16. The number of phenols is 1. The lowest BCUT2D eigenvalue weighted by Gasteiger charge is -2.19. The SMILES string of the molecule is CS(=O)(=O)c1cccc(C[C@H](NC(=O)c2c(Cl)ccc(/C=C/P(=O)(O)O[C@H]3C[C@H]3c3cccc(O)c3)c2Cl)C(=O)OCc2ccccc2)c1. The second-order valence-electron chi connectivity index (χ2n) is 11.5. The Morgan fingerprint density at radius 3 is 2.43 bits per heavy atom. The molecule has 4 atom stereocenters. The number of amides is 1. The number of sulfone groups is 1. The molecule has 256 valence electrons. The summed E-state index contributed by atoms with van der Waals surface area (Å²) in [7, 11) is -7.80. The Hall–Kier alpha value is -3.96. The molecule has 4 aromatic carbocycles. The third-order valence-electron chi connectivity index (χ3n) is 7.69. The number of hydrogen-bond donors (Lipinski definition) is 3. The van der Waals surface area contributed by atoms with Gasteiger partial charge in [0, 0.05) is 24.4 Å². The van der Waals surface area contributed by atoms with Crippen LogP contribution in [0.25, 0.3) is 6.08 Å². The van der Waals surface area contributed by atoms with Crippen molar-refractivity contribution in [3.63, 3.8) is 0 Å². The van der Waals surface area contributed by atoms with Gasteiger partial charge in [-0.25, -0.2) is 13.2 Å². The van der Waals surface area contributed by atoms with Crippen molar-refractivity contribution in [2.24, 2.45) is 0 Å². The molecule has 0 saturated heterocycles.